The monoisotopic (exact) mass is 349 g/mol. The zero-order chi connectivity index (χ0) is 18.1. The molecule has 0 aliphatic heterocycles. The zero-order valence-corrected chi connectivity index (χ0v) is 14.9. The van der Waals surface area contributed by atoms with Crippen molar-refractivity contribution in [2.75, 3.05) is 5.73 Å². The van der Waals surface area contributed by atoms with Crippen LogP contribution in [0.3, 0.4) is 0 Å². The van der Waals surface area contributed by atoms with E-state index in [1.807, 2.05) is 47.4 Å². The first-order valence-electron chi connectivity index (χ1n) is 9.09. The van der Waals surface area contributed by atoms with E-state index in [0.29, 0.717) is 23.1 Å². The molecule has 0 aliphatic carbocycles. The molecule has 6 nitrogen and oxygen atoms in total. The highest BCUT2D eigenvalue weighted by molar-refractivity contribution is 6.05. The first-order valence-corrected chi connectivity index (χ1v) is 9.09. The van der Waals surface area contributed by atoms with E-state index in [-0.39, 0.29) is 5.56 Å². The van der Waals surface area contributed by atoms with Crippen molar-refractivity contribution in [2.45, 2.75) is 39.3 Å². The minimum atomic E-state index is -0.0884. The van der Waals surface area contributed by atoms with Crippen molar-refractivity contribution in [1.82, 2.24) is 19.3 Å². The topological polar surface area (TPSA) is 81.6 Å². The van der Waals surface area contributed by atoms with E-state index < -0.39 is 0 Å². The number of nitrogens with zero attached hydrogens (tertiary/aromatic N) is 3. The highest BCUT2D eigenvalue weighted by Crippen LogP contribution is 2.26. The molecule has 4 rings (SSSR count). The fraction of sp³-hybridized carbons (Fsp3) is 0.300. The van der Waals surface area contributed by atoms with Gasteiger partial charge in [0.25, 0.3) is 5.56 Å². The minimum Gasteiger partial charge on any atom is -0.397 e. The molecule has 3 N–H and O–H groups in total. The second kappa shape index (κ2) is 6.71. The number of anilines is 1. The predicted octanol–water partition coefficient (Wildman–Crippen LogP) is 3.50. The number of benzene rings is 1. The largest absolute Gasteiger partial charge is 0.397 e. The molecular weight excluding hydrogens is 326 g/mol. The molecule has 0 amide bonds. The summed E-state index contributed by atoms with van der Waals surface area (Å²) in [6.45, 7) is 3.56. The maximum atomic E-state index is 12.8. The van der Waals surface area contributed by atoms with Gasteiger partial charge in [-0.1, -0.05) is 50.1 Å². The van der Waals surface area contributed by atoms with E-state index in [4.69, 9.17) is 10.7 Å². The molecule has 0 unspecified atom stereocenters. The number of rotatable bonds is 6. The molecule has 1 aromatic carbocycles. The van der Waals surface area contributed by atoms with Gasteiger partial charge < -0.3 is 15.4 Å². The van der Waals surface area contributed by atoms with Gasteiger partial charge in [0, 0.05) is 18.9 Å². The lowest BCUT2D eigenvalue weighted by atomic mass is 10.2. The van der Waals surface area contributed by atoms with Crippen LogP contribution >= 0.6 is 0 Å². The number of hydrogen-bond donors (Lipinski definition) is 2. The Balaban J connectivity index is 1.79. The number of aromatic amines is 1. The van der Waals surface area contributed by atoms with Crippen LogP contribution in [0.25, 0.3) is 21.9 Å². The van der Waals surface area contributed by atoms with Gasteiger partial charge in [-0.25, -0.2) is 4.98 Å². The van der Waals surface area contributed by atoms with E-state index in [9.17, 15) is 4.79 Å². The van der Waals surface area contributed by atoms with Crippen molar-refractivity contribution in [3.8, 4) is 0 Å². The summed E-state index contributed by atoms with van der Waals surface area (Å²) in [6, 6.07) is 9.92. The number of fused-ring (bicyclic) bond motifs is 2. The second-order valence-electron chi connectivity index (χ2n) is 6.70. The normalized spacial score (nSPS) is 11.6. The number of nitrogens with two attached hydrogens (primary N) is 1. The summed E-state index contributed by atoms with van der Waals surface area (Å²) in [5.41, 5.74) is 9.30. The van der Waals surface area contributed by atoms with Gasteiger partial charge in [-0.3, -0.25) is 9.48 Å². The standard InChI is InChI=1S/C20H23N5O/c1-2-3-7-10-25-19-15(11-22-25)18(21)17-16(23-19)13-24(20(17)26)12-14-8-5-4-6-9-14/h4-6,8-9,11,13,22H,2-3,7,10,12,21H2,1H3. The Kier molecular flexibility index (Phi) is 4.24. The number of aromatic nitrogens is 4. The summed E-state index contributed by atoms with van der Waals surface area (Å²) < 4.78 is 3.70. The minimum absolute atomic E-state index is 0.0884. The molecule has 3 heterocycles. The number of nitrogen functional groups attached to an aromatic ring is 1. The molecule has 4 aromatic rings. The fourth-order valence-corrected chi connectivity index (χ4v) is 3.43. The number of aryl methyl sites for hydroxylation is 1. The molecule has 0 saturated heterocycles. The van der Waals surface area contributed by atoms with Gasteiger partial charge in [-0.2, -0.15) is 0 Å². The Morgan fingerprint density at radius 3 is 2.77 bits per heavy atom. The Labute approximate surface area is 151 Å². The van der Waals surface area contributed by atoms with Crippen LogP contribution in [0.4, 0.5) is 5.69 Å². The Hall–Kier alpha value is -3.02. The third kappa shape index (κ3) is 2.77. The van der Waals surface area contributed by atoms with Crippen molar-refractivity contribution in [3.63, 3.8) is 0 Å². The van der Waals surface area contributed by atoms with Gasteiger partial charge in [-0.05, 0) is 12.0 Å². The van der Waals surface area contributed by atoms with Crippen molar-refractivity contribution in [1.29, 1.82) is 0 Å². The summed E-state index contributed by atoms with van der Waals surface area (Å²) in [5, 5.41) is 4.53. The first-order chi connectivity index (χ1) is 12.7. The molecule has 0 aliphatic rings. The van der Waals surface area contributed by atoms with E-state index in [1.54, 1.807) is 4.57 Å². The SMILES string of the molecule is CCCCCn1[nH]cc2c(N)c3c(=O)n(Cc4ccccc4)cc3nc21. The molecular formula is C20H23N5O. The molecule has 3 aromatic heterocycles. The maximum absolute atomic E-state index is 12.8. The number of nitrogens with one attached hydrogen (secondary N) is 1. The van der Waals surface area contributed by atoms with Crippen LogP contribution < -0.4 is 11.3 Å². The Morgan fingerprint density at radius 1 is 1.19 bits per heavy atom. The number of unbranched alkanes of at least 4 members (excludes halogenated alkanes) is 2. The molecule has 26 heavy (non-hydrogen) atoms. The van der Waals surface area contributed by atoms with Crippen molar-refractivity contribution in [2.24, 2.45) is 0 Å². The molecule has 0 bridgehead atoms. The van der Waals surface area contributed by atoms with Crippen LogP contribution in [0.1, 0.15) is 31.7 Å². The first kappa shape index (κ1) is 16.4. The van der Waals surface area contributed by atoms with Crippen LogP contribution in [-0.2, 0) is 13.1 Å². The van der Waals surface area contributed by atoms with Gasteiger partial charge in [0.15, 0.2) is 5.65 Å². The predicted molar refractivity (Wildman–Crippen MR) is 105 cm³/mol. The van der Waals surface area contributed by atoms with Crippen LogP contribution in [0, 0.1) is 0 Å². The van der Waals surface area contributed by atoms with E-state index in [1.165, 1.54) is 12.8 Å². The molecule has 0 spiro atoms. The van der Waals surface area contributed by atoms with Crippen molar-refractivity contribution >= 4 is 27.6 Å². The van der Waals surface area contributed by atoms with Gasteiger partial charge in [0.1, 0.15) is 0 Å². The lowest BCUT2D eigenvalue weighted by Crippen LogP contribution is -2.15. The van der Waals surface area contributed by atoms with Crippen LogP contribution in [0.5, 0.6) is 0 Å². The molecule has 0 radical (unpaired) electrons. The van der Waals surface area contributed by atoms with Gasteiger partial charge in [0.2, 0.25) is 0 Å². The number of H-pyrrole nitrogens is 1. The van der Waals surface area contributed by atoms with Crippen LogP contribution in [-0.4, -0.2) is 19.3 Å². The van der Waals surface area contributed by atoms with Gasteiger partial charge >= 0.3 is 0 Å². The quantitative estimate of drug-likeness (QED) is 0.523. The lowest BCUT2D eigenvalue weighted by molar-refractivity contribution is 0.564. The number of pyridine rings is 1. The van der Waals surface area contributed by atoms with Crippen molar-refractivity contribution in [3.05, 3.63) is 58.6 Å². The summed E-state index contributed by atoms with van der Waals surface area (Å²) in [7, 11) is 0. The molecule has 0 atom stereocenters. The molecule has 0 saturated carbocycles. The summed E-state index contributed by atoms with van der Waals surface area (Å²) in [4.78, 5) is 17.6. The maximum Gasteiger partial charge on any atom is 0.262 e. The van der Waals surface area contributed by atoms with E-state index >= 15 is 0 Å². The smallest absolute Gasteiger partial charge is 0.262 e. The fourth-order valence-electron chi connectivity index (χ4n) is 3.43. The average Bonchev–Trinajstić information content (AvgIpc) is 3.19. The van der Waals surface area contributed by atoms with Gasteiger partial charge in [-0.15, -0.1) is 0 Å². The number of hydrogen-bond acceptors (Lipinski definition) is 3. The third-order valence-corrected chi connectivity index (χ3v) is 4.84. The summed E-state index contributed by atoms with van der Waals surface area (Å²) >= 11 is 0. The summed E-state index contributed by atoms with van der Waals surface area (Å²) in [6.07, 6.45) is 7.07. The zero-order valence-electron chi connectivity index (χ0n) is 14.9. The Bertz CT molecular complexity index is 1100. The van der Waals surface area contributed by atoms with E-state index in [2.05, 4.69) is 12.0 Å². The van der Waals surface area contributed by atoms with Crippen LogP contribution in [0.2, 0.25) is 0 Å². The van der Waals surface area contributed by atoms with E-state index in [0.717, 1.165) is 29.6 Å². The Morgan fingerprint density at radius 2 is 2.00 bits per heavy atom. The molecule has 6 heteroatoms. The highest BCUT2D eigenvalue weighted by atomic mass is 16.1. The lowest BCUT2D eigenvalue weighted by Gasteiger charge is -2.04. The second-order valence-corrected chi connectivity index (χ2v) is 6.70. The van der Waals surface area contributed by atoms with Crippen molar-refractivity contribution < 1.29 is 0 Å². The summed E-state index contributed by atoms with van der Waals surface area (Å²) in [5.74, 6) is 0. The van der Waals surface area contributed by atoms with Crippen LogP contribution in [0.15, 0.2) is 47.5 Å². The highest BCUT2D eigenvalue weighted by Gasteiger charge is 2.16. The van der Waals surface area contributed by atoms with Gasteiger partial charge in [0.05, 0.1) is 28.5 Å². The molecule has 134 valence electrons. The molecule has 0 fully saturated rings. The third-order valence-electron chi connectivity index (χ3n) is 4.84. The average molecular weight is 349 g/mol.